The maximum absolute atomic E-state index is 11.9. The van der Waals surface area contributed by atoms with Crippen LogP contribution in [0.3, 0.4) is 0 Å². The minimum absolute atomic E-state index is 0.0255. The molecule has 0 saturated heterocycles. The van der Waals surface area contributed by atoms with Crippen LogP contribution in [-0.2, 0) is 15.6 Å². The Morgan fingerprint density at radius 2 is 2.05 bits per heavy atom. The second kappa shape index (κ2) is 6.91. The zero-order valence-corrected chi connectivity index (χ0v) is 12.8. The monoisotopic (exact) mass is 302 g/mol. The summed E-state index contributed by atoms with van der Waals surface area (Å²) < 4.78 is 11.9. The summed E-state index contributed by atoms with van der Waals surface area (Å²) in [5.41, 5.74) is 6.61. The van der Waals surface area contributed by atoms with Gasteiger partial charge in [-0.2, -0.15) is 0 Å². The van der Waals surface area contributed by atoms with Crippen LogP contribution in [0.15, 0.2) is 18.2 Å². The fourth-order valence-electron chi connectivity index (χ4n) is 1.39. The van der Waals surface area contributed by atoms with Crippen molar-refractivity contribution >= 4 is 39.7 Å². The van der Waals surface area contributed by atoms with Gasteiger partial charge in [0.2, 0.25) is 5.91 Å². The van der Waals surface area contributed by atoms with Crippen LogP contribution in [0.5, 0.6) is 0 Å². The van der Waals surface area contributed by atoms with Gasteiger partial charge in [-0.3, -0.25) is 9.00 Å². The molecule has 19 heavy (non-hydrogen) atoms. The van der Waals surface area contributed by atoms with E-state index in [1.54, 1.807) is 18.2 Å². The molecule has 0 aliphatic rings. The third-order valence-corrected chi connectivity index (χ3v) is 5.07. The highest BCUT2D eigenvalue weighted by molar-refractivity contribution is 7.86. The van der Waals surface area contributed by atoms with Crippen molar-refractivity contribution in [3.8, 4) is 0 Å². The smallest absolute Gasteiger partial charge is 0.237 e. The maximum Gasteiger partial charge on any atom is 0.237 e. The summed E-state index contributed by atoms with van der Waals surface area (Å²) in [6, 6.07) is 4.83. The lowest BCUT2D eigenvalue weighted by atomic mass is 10.2. The zero-order chi connectivity index (χ0) is 14.6. The molecule has 1 amide bonds. The van der Waals surface area contributed by atoms with E-state index < -0.39 is 10.8 Å². The summed E-state index contributed by atoms with van der Waals surface area (Å²) in [4.78, 5) is 11.8. The zero-order valence-electron chi connectivity index (χ0n) is 11.3. The van der Waals surface area contributed by atoms with Crippen molar-refractivity contribution < 1.29 is 9.00 Å². The summed E-state index contributed by atoms with van der Waals surface area (Å²) in [5, 5.41) is 3.10. The van der Waals surface area contributed by atoms with Crippen molar-refractivity contribution in [3.63, 3.8) is 0 Å². The van der Waals surface area contributed by atoms with Crippen molar-refractivity contribution in [1.82, 2.24) is 0 Å². The van der Waals surface area contributed by atoms with Gasteiger partial charge in [-0.05, 0) is 24.1 Å². The molecule has 2 unspecified atom stereocenters. The Labute approximate surface area is 121 Å². The third kappa shape index (κ3) is 4.84. The molecule has 106 valence electrons. The lowest BCUT2D eigenvalue weighted by Gasteiger charge is -2.15. The summed E-state index contributed by atoms with van der Waals surface area (Å²) in [7, 11) is -1.20. The molecule has 0 heterocycles. The number of halogens is 1. The molecular weight excluding hydrogens is 284 g/mol. The van der Waals surface area contributed by atoms with Gasteiger partial charge in [-0.25, -0.2) is 0 Å². The largest absolute Gasteiger partial charge is 0.397 e. The first-order valence-corrected chi connectivity index (χ1v) is 7.79. The highest BCUT2D eigenvalue weighted by atomic mass is 35.5. The van der Waals surface area contributed by atoms with Crippen molar-refractivity contribution in [2.24, 2.45) is 5.92 Å². The van der Waals surface area contributed by atoms with Gasteiger partial charge >= 0.3 is 0 Å². The predicted molar refractivity (Wildman–Crippen MR) is 81.8 cm³/mol. The number of hydrogen-bond donors (Lipinski definition) is 2. The Kier molecular flexibility index (Phi) is 5.82. The van der Waals surface area contributed by atoms with Crippen LogP contribution in [0.25, 0.3) is 0 Å². The van der Waals surface area contributed by atoms with Gasteiger partial charge in [0.1, 0.15) is 5.75 Å². The topological polar surface area (TPSA) is 72.2 Å². The van der Waals surface area contributed by atoms with E-state index >= 15 is 0 Å². The molecule has 0 aliphatic heterocycles. The molecule has 6 heteroatoms. The van der Waals surface area contributed by atoms with Crippen molar-refractivity contribution in [2.45, 2.75) is 26.0 Å². The molecule has 1 rings (SSSR count). The average Bonchev–Trinajstić information content (AvgIpc) is 2.32. The Morgan fingerprint density at radius 3 is 2.63 bits per heavy atom. The van der Waals surface area contributed by atoms with Gasteiger partial charge in [0, 0.05) is 21.1 Å². The first kappa shape index (κ1) is 16.0. The van der Waals surface area contributed by atoms with E-state index in [9.17, 15) is 9.00 Å². The van der Waals surface area contributed by atoms with Crippen LogP contribution in [0.1, 0.15) is 20.8 Å². The molecule has 0 bridgehead atoms. The van der Waals surface area contributed by atoms with Gasteiger partial charge in [0.05, 0.1) is 11.4 Å². The average molecular weight is 303 g/mol. The van der Waals surface area contributed by atoms with Crippen LogP contribution in [0, 0.1) is 5.92 Å². The van der Waals surface area contributed by atoms with E-state index in [2.05, 4.69) is 5.32 Å². The lowest BCUT2D eigenvalue weighted by Crippen LogP contribution is -2.27. The van der Waals surface area contributed by atoms with Gasteiger partial charge in [-0.1, -0.05) is 32.4 Å². The molecule has 0 spiro atoms. The second-order valence-electron chi connectivity index (χ2n) is 4.75. The SMILES string of the molecule is CC(C)C(C)S(=O)CC(=O)Nc1cc(Cl)ccc1N. The van der Waals surface area contributed by atoms with E-state index in [-0.39, 0.29) is 22.8 Å². The molecule has 1 aromatic carbocycles. The number of hydrogen-bond acceptors (Lipinski definition) is 3. The fraction of sp³-hybridized carbons (Fsp3) is 0.462. The molecule has 3 N–H and O–H groups in total. The quantitative estimate of drug-likeness (QED) is 0.821. The normalized spacial score (nSPS) is 14.2. The van der Waals surface area contributed by atoms with Gasteiger partial charge < -0.3 is 11.1 Å². The van der Waals surface area contributed by atoms with Gasteiger partial charge in [-0.15, -0.1) is 0 Å². The third-order valence-electron chi connectivity index (χ3n) is 2.92. The van der Waals surface area contributed by atoms with E-state index in [0.717, 1.165) is 0 Å². The molecule has 0 saturated carbocycles. The number of nitrogens with two attached hydrogens (primary N) is 1. The summed E-state index contributed by atoms with van der Waals surface area (Å²) >= 11 is 5.83. The number of nitrogen functional groups attached to an aromatic ring is 1. The molecular formula is C13H19ClN2O2S. The number of benzene rings is 1. The highest BCUT2D eigenvalue weighted by Gasteiger charge is 2.18. The second-order valence-corrected chi connectivity index (χ2v) is 6.98. The predicted octanol–water partition coefficient (Wildman–Crippen LogP) is 2.65. The Balaban J connectivity index is 2.65. The van der Waals surface area contributed by atoms with E-state index in [0.29, 0.717) is 16.4 Å². The van der Waals surface area contributed by atoms with Crippen LogP contribution < -0.4 is 11.1 Å². The van der Waals surface area contributed by atoms with Crippen LogP contribution in [0.2, 0.25) is 5.02 Å². The summed E-state index contributed by atoms with van der Waals surface area (Å²) in [5.74, 6) is -0.0876. The fourth-order valence-corrected chi connectivity index (χ4v) is 2.76. The van der Waals surface area contributed by atoms with Crippen molar-refractivity contribution in [1.29, 1.82) is 0 Å². The van der Waals surface area contributed by atoms with E-state index in [4.69, 9.17) is 17.3 Å². The van der Waals surface area contributed by atoms with Crippen LogP contribution in [0.4, 0.5) is 11.4 Å². The van der Waals surface area contributed by atoms with Crippen LogP contribution in [-0.4, -0.2) is 21.1 Å². The van der Waals surface area contributed by atoms with Crippen LogP contribution >= 0.6 is 11.6 Å². The van der Waals surface area contributed by atoms with Gasteiger partial charge in [0.25, 0.3) is 0 Å². The lowest BCUT2D eigenvalue weighted by molar-refractivity contribution is -0.113. The Morgan fingerprint density at radius 1 is 1.42 bits per heavy atom. The Bertz CT molecular complexity index is 492. The summed E-state index contributed by atoms with van der Waals surface area (Å²) in [6.07, 6.45) is 0. The minimum atomic E-state index is -1.20. The number of anilines is 2. The molecule has 2 atom stereocenters. The molecule has 0 radical (unpaired) electrons. The van der Waals surface area contributed by atoms with E-state index in [1.165, 1.54) is 0 Å². The number of carbonyl (C=O) groups excluding carboxylic acids is 1. The standard InChI is InChI=1S/C13H19ClN2O2S/c1-8(2)9(3)19(18)7-13(17)16-12-6-10(14)4-5-11(12)15/h4-6,8-9H,7,15H2,1-3H3,(H,16,17). The molecule has 1 aromatic rings. The maximum atomic E-state index is 11.9. The number of rotatable bonds is 5. The van der Waals surface area contributed by atoms with Crippen molar-refractivity contribution in [2.75, 3.05) is 16.8 Å². The number of nitrogens with one attached hydrogen (secondary N) is 1. The first-order chi connectivity index (χ1) is 8.81. The molecule has 0 aromatic heterocycles. The first-order valence-electron chi connectivity index (χ1n) is 6.03. The highest BCUT2D eigenvalue weighted by Crippen LogP contribution is 2.22. The van der Waals surface area contributed by atoms with Crippen molar-refractivity contribution in [3.05, 3.63) is 23.2 Å². The van der Waals surface area contributed by atoms with Gasteiger partial charge in [0.15, 0.2) is 0 Å². The molecule has 0 aliphatic carbocycles. The molecule has 0 fully saturated rings. The summed E-state index contributed by atoms with van der Waals surface area (Å²) in [6.45, 7) is 5.84. The van der Waals surface area contributed by atoms with E-state index in [1.807, 2.05) is 20.8 Å². The number of carbonyl (C=O) groups is 1. The molecule has 4 nitrogen and oxygen atoms in total. The minimum Gasteiger partial charge on any atom is -0.397 e. The Hall–Kier alpha value is -1.07. The number of amides is 1.